The number of hydrogen-bond acceptors (Lipinski definition) is 2. The second-order valence-electron chi connectivity index (χ2n) is 4.67. The summed E-state index contributed by atoms with van der Waals surface area (Å²) in [5, 5.41) is 12.6. The van der Waals surface area contributed by atoms with Crippen LogP contribution in [-0.2, 0) is 11.2 Å². The van der Waals surface area contributed by atoms with E-state index in [0.29, 0.717) is 5.02 Å². The van der Waals surface area contributed by atoms with E-state index in [1.807, 2.05) is 0 Å². The third-order valence-electron chi connectivity index (χ3n) is 3.07. The van der Waals surface area contributed by atoms with Crippen molar-refractivity contribution in [1.82, 2.24) is 5.32 Å². The number of halogens is 2. The van der Waals surface area contributed by atoms with Crippen LogP contribution in [0.1, 0.15) is 15.9 Å². The number of amides is 1. The summed E-state index contributed by atoms with van der Waals surface area (Å²) in [4.78, 5) is 23.5. The van der Waals surface area contributed by atoms with Crippen LogP contribution in [0.15, 0.2) is 48.5 Å². The molecule has 0 spiro atoms. The highest BCUT2D eigenvalue weighted by atomic mass is 35.5. The molecule has 0 saturated heterocycles. The van der Waals surface area contributed by atoms with Crippen LogP contribution >= 0.6 is 23.2 Å². The Morgan fingerprint density at radius 3 is 2.27 bits per heavy atom. The highest BCUT2D eigenvalue weighted by Gasteiger charge is 2.22. The van der Waals surface area contributed by atoms with Crippen molar-refractivity contribution in [2.75, 3.05) is 0 Å². The smallest absolute Gasteiger partial charge is 0.326 e. The lowest BCUT2D eigenvalue weighted by Gasteiger charge is -2.15. The maximum atomic E-state index is 12.1. The fourth-order valence-electron chi connectivity index (χ4n) is 1.94. The van der Waals surface area contributed by atoms with Crippen molar-refractivity contribution < 1.29 is 14.7 Å². The minimum absolute atomic E-state index is 0.155. The highest BCUT2D eigenvalue weighted by Crippen LogP contribution is 2.16. The van der Waals surface area contributed by atoms with Crippen LogP contribution in [0.4, 0.5) is 0 Å². The van der Waals surface area contributed by atoms with Gasteiger partial charge in [0, 0.05) is 11.4 Å². The lowest BCUT2D eigenvalue weighted by Crippen LogP contribution is -2.42. The summed E-state index contributed by atoms with van der Waals surface area (Å²) >= 11 is 11.7. The molecular weight excluding hydrogens is 325 g/mol. The van der Waals surface area contributed by atoms with Crippen LogP contribution in [-0.4, -0.2) is 23.0 Å². The molecular formula is C16H13Cl2NO3. The number of carbonyl (C=O) groups excluding carboxylic acids is 1. The second kappa shape index (κ2) is 7.29. The van der Waals surface area contributed by atoms with Gasteiger partial charge in [0.25, 0.3) is 5.91 Å². The zero-order valence-electron chi connectivity index (χ0n) is 11.4. The Balaban J connectivity index is 2.12. The first kappa shape index (κ1) is 16.3. The van der Waals surface area contributed by atoms with Crippen LogP contribution in [0, 0.1) is 0 Å². The van der Waals surface area contributed by atoms with E-state index < -0.39 is 17.9 Å². The molecule has 0 aromatic heterocycles. The highest BCUT2D eigenvalue weighted by molar-refractivity contribution is 6.33. The molecule has 2 aromatic carbocycles. The molecule has 2 aromatic rings. The molecule has 1 amide bonds. The van der Waals surface area contributed by atoms with Gasteiger partial charge in [0.05, 0.1) is 10.6 Å². The number of carboxylic acids is 1. The summed E-state index contributed by atoms with van der Waals surface area (Å²) in [5.41, 5.74) is 1.00. The molecule has 22 heavy (non-hydrogen) atoms. The average Bonchev–Trinajstić information content (AvgIpc) is 2.49. The summed E-state index contributed by atoms with van der Waals surface area (Å²) in [7, 11) is 0. The summed E-state index contributed by atoms with van der Waals surface area (Å²) in [6.07, 6.45) is 0.155. The number of nitrogens with one attached hydrogen (secondary N) is 1. The summed E-state index contributed by atoms with van der Waals surface area (Å²) in [6.45, 7) is 0. The minimum Gasteiger partial charge on any atom is -0.480 e. The van der Waals surface area contributed by atoms with Crippen molar-refractivity contribution in [3.05, 3.63) is 69.7 Å². The number of carbonyl (C=O) groups is 2. The lowest BCUT2D eigenvalue weighted by molar-refractivity contribution is -0.139. The summed E-state index contributed by atoms with van der Waals surface area (Å²) in [6, 6.07) is 12.2. The van der Waals surface area contributed by atoms with Crippen molar-refractivity contribution in [1.29, 1.82) is 0 Å². The monoisotopic (exact) mass is 337 g/mol. The zero-order chi connectivity index (χ0) is 16.1. The molecule has 2 N–H and O–H groups in total. The normalized spacial score (nSPS) is 11.7. The third-order valence-corrected chi connectivity index (χ3v) is 3.66. The standard InChI is InChI=1S/C16H13Cl2NO3/c17-11-7-5-10(6-8-11)9-14(16(21)22)19-15(20)12-3-1-2-4-13(12)18/h1-8,14H,9H2,(H,19,20)(H,21,22)/t14-/m0/s1. The molecule has 6 heteroatoms. The lowest BCUT2D eigenvalue weighted by atomic mass is 10.1. The molecule has 0 heterocycles. The van der Waals surface area contributed by atoms with Crippen LogP contribution in [0.2, 0.25) is 10.0 Å². The van der Waals surface area contributed by atoms with E-state index in [1.54, 1.807) is 48.5 Å². The van der Waals surface area contributed by atoms with Crippen LogP contribution in [0.25, 0.3) is 0 Å². The van der Waals surface area contributed by atoms with E-state index in [2.05, 4.69) is 5.32 Å². The Labute approximate surface area is 137 Å². The summed E-state index contributed by atoms with van der Waals surface area (Å²) < 4.78 is 0. The molecule has 0 fully saturated rings. The van der Waals surface area contributed by atoms with E-state index in [4.69, 9.17) is 23.2 Å². The first-order valence-electron chi connectivity index (χ1n) is 6.50. The summed E-state index contributed by atoms with van der Waals surface area (Å²) in [5.74, 6) is -1.64. The van der Waals surface area contributed by atoms with Gasteiger partial charge in [0.15, 0.2) is 0 Å². The maximum Gasteiger partial charge on any atom is 0.326 e. The molecule has 0 aliphatic rings. The van der Waals surface area contributed by atoms with Gasteiger partial charge in [-0.3, -0.25) is 4.79 Å². The topological polar surface area (TPSA) is 66.4 Å². The van der Waals surface area contributed by atoms with Crippen molar-refractivity contribution in [2.24, 2.45) is 0 Å². The molecule has 0 saturated carbocycles. The third kappa shape index (κ3) is 4.23. The molecule has 2 rings (SSSR count). The number of carboxylic acid groups (broad SMARTS) is 1. The zero-order valence-corrected chi connectivity index (χ0v) is 12.9. The largest absolute Gasteiger partial charge is 0.480 e. The Kier molecular flexibility index (Phi) is 5.41. The first-order valence-corrected chi connectivity index (χ1v) is 7.25. The van der Waals surface area contributed by atoms with Gasteiger partial charge >= 0.3 is 5.97 Å². The molecule has 4 nitrogen and oxygen atoms in total. The predicted octanol–water partition coefficient (Wildman–Crippen LogP) is 3.42. The number of aliphatic carboxylic acids is 1. The second-order valence-corrected chi connectivity index (χ2v) is 5.52. The van der Waals surface area contributed by atoms with Gasteiger partial charge in [0.1, 0.15) is 6.04 Å². The van der Waals surface area contributed by atoms with Crippen molar-refractivity contribution in [2.45, 2.75) is 12.5 Å². The van der Waals surface area contributed by atoms with Gasteiger partial charge in [-0.15, -0.1) is 0 Å². The fraction of sp³-hybridized carbons (Fsp3) is 0.125. The predicted molar refractivity (Wildman–Crippen MR) is 85.5 cm³/mol. The van der Waals surface area contributed by atoms with Gasteiger partial charge < -0.3 is 10.4 Å². The Hall–Kier alpha value is -2.04. The Bertz CT molecular complexity index is 686. The van der Waals surface area contributed by atoms with Gasteiger partial charge in [-0.1, -0.05) is 47.5 Å². The molecule has 0 unspecified atom stereocenters. The molecule has 0 radical (unpaired) electrons. The van der Waals surface area contributed by atoms with Crippen LogP contribution in [0.3, 0.4) is 0 Å². The van der Waals surface area contributed by atoms with E-state index in [1.165, 1.54) is 0 Å². The first-order chi connectivity index (χ1) is 10.5. The minimum atomic E-state index is -1.12. The Morgan fingerprint density at radius 1 is 1.05 bits per heavy atom. The quantitative estimate of drug-likeness (QED) is 0.878. The number of benzene rings is 2. The SMILES string of the molecule is O=C(N[C@@H](Cc1ccc(Cl)cc1)C(=O)O)c1ccccc1Cl. The van der Waals surface area contributed by atoms with Crippen molar-refractivity contribution in [3.63, 3.8) is 0 Å². The van der Waals surface area contributed by atoms with E-state index in [-0.39, 0.29) is 17.0 Å². The number of hydrogen-bond donors (Lipinski definition) is 2. The van der Waals surface area contributed by atoms with Crippen LogP contribution < -0.4 is 5.32 Å². The Morgan fingerprint density at radius 2 is 1.68 bits per heavy atom. The number of rotatable bonds is 5. The van der Waals surface area contributed by atoms with Gasteiger partial charge in [-0.25, -0.2) is 4.79 Å². The van der Waals surface area contributed by atoms with E-state index in [0.717, 1.165) is 5.56 Å². The van der Waals surface area contributed by atoms with Gasteiger partial charge in [-0.05, 0) is 29.8 Å². The van der Waals surface area contributed by atoms with E-state index in [9.17, 15) is 14.7 Å². The van der Waals surface area contributed by atoms with Crippen molar-refractivity contribution in [3.8, 4) is 0 Å². The van der Waals surface area contributed by atoms with Gasteiger partial charge in [0.2, 0.25) is 0 Å². The molecule has 0 aliphatic heterocycles. The average molecular weight is 338 g/mol. The maximum absolute atomic E-state index is 12.1. The van der Waals surface area contributed by atoms with E-state index >= 15 is 0 Å². The van der Waals surface area contributed by atoms with Crippen molar-refractivity contribution >= 4 is 35.1 Å². The fourth-order valence-corrected chi connectivity index (χ4v) is 2.29. The molecule has 114 valence electrons. The van der Waals surface area contributed by atoms with Crippen LogP contribution in [0.5, 0.6) is 0 Å². The molecule has 0 bridgehead atoms. The van der Waals surface area contributed by atoms with Gasteiger partial charge in [-0.2, -0.15) is 0 Å². The molecule has 0 aliphatic carbocycles. The molecule has 1 atom stereocenters.